The van der Waals surface area contributed by atoms with E-state index in [1.807, 2.05) is 0 Å². The van der Waals surface area contributed by atoms with Crippen LogP contribution in [-0.2, 0) is 10.0 Å². The molecule has 0 heterocycles. The molecule has 0 unspecified atom stereocenters. The number of aromatic carboxylic acids is 1. The Morgan fingerprint density at radius 2 is 2.06 bits per heavy atom. The Morgan fingerprint density at radius 3 is 2.59 bits per heavy atom. The maximum absolute atomic E-state index is 13.1. The van der Waals surface area contributed by atoms with Gasteiger partial charge in [-0.1, -0.05) is 6.92 Å². The number of sulfonamides is 1. The van der Waals surface area contributed by atoms with Crippen LogP contribution < -0.4 is 4.72 Å². The Bertz CT molecular complexity index is 527. The molecule has 1 rings (SSSR count). The van der Waals surface area contributed by atoms with Crippen LogP contribution in [0.5, 0.6) is 0 Å². The predicted molar refractivity (Wildman–Crippen MR) is 61.1 cm³/mol. The summed E-state index contributed by atoms with van der Waals surface area (Å²) >= 11 is 0. The number of rotatable bonds is 5. The van der Waals surface area contributed by atoms with Gasteiger partial charge in [-0.2, -0.15) is 0 Å². The SMILES string of the molecule is CCCS(=O)(=O)Nc1cc(F)cc(C(=O)O)c1. The average molecular weight is 261 g/mol. The summed E-state index contributed by atoms with van der Waals surface area (Å²) in [6.07, 6.45) is 0.413. The molecule has 0 radical (unpaired) electrons. The summed E-state index contributed by atoms with van der Waals surface area (Å²) in [6.45, 7) is 1.69. The van der Waals surface area contributed by atoms with Crippen molar-refractivity contribution in [2.45, 2.75) is 13.3 Å². The molecule has 0 saturated heterocycles. The molecule has 1 aromatic carbocycles. The minimum atomic E-state index is -3.55. The van der Waals surface area contributed by atoms with E-state index in [1.165, 1.54) is 0 Å². The van der Waals surface area contributed by atoms with Gasteiger partial charge in [0.15, 0.2) is 0 Å². The van der Waals surface area contributed by atoms with Gasteiger partial charge in [-0.25, -0.2) is 17.6 Å². The number of benzene rings is 1. The van der Waals surface area contributed by atoms with E-state index < -0.39 is 21.8 Å². The molecule has 2 N–H and O–H groups in total. The molecule has 1 aromatic rings. The summed E-state index contributed by atoms with van der Waals surface area (Å²) in [4.78, 5) is 10.7. The van der Waals surface area contributed by atoms with Crippen LogP contribution in [0.1, 0.15) is 23.7 Å². The second-order valence-electron chi connectivity index (χ2n) is 3.45. The lowest BCUT2D eigenvalue weighted by Crippen LogP contribution is -2.16. The van der Waals surface area contributed by atoms with Gasteiger partial charge in [0.05, 0.1) is 17.0 Å². The summed E-state index contributed by atoms with van der Waals surface area (Å²) in [5.41, 5.74) is -0.393. The first kappa shape index (κ1) is 13.4. The second kappa shape index (κ2) is 5.13. The highest BCUT2D eigenvalue weighted by Gasteiger charge is 2.12. The minimum absolute atomic E-state index is 0.0872. The number of carbonyl (C=O) groups is 1. The van der Waals surface area contributed by atoms with Gasteiger partial charge < -0.3 is 5.11 Å². The quantitative estimate of drug-likeness (QED) is 0.844. The lowest BCUT2D eigenvalue weighted by molar-refractivity contribution is 0.0696. The van der Waals surface area contributed by atoms with E-state index in [1.54, 1.807) is 6.92 Å². The summed E-state index contributed by atoms with van der Waals surface area (Å²) in [5.74, 6) is -2.23. The average Bonchev–Trinajstić information content (AvgIpc) is 2.15. The molecule has 0 aliphatic heterocycles. The van der Waals surface area contributed by atoms with Crippen molar-refractivity contribution in [1.29, 1.82) is 0 Å². The molecule has 0 amide bonds. The first-order valence-corrected chi connectivity index (χ1v) is 6.53. The Kier molecular flexibility index (Phi) is 4.06. The first-order chi connectivity index (χ1) is 7.84. The van der Waals surface area contributed by atoms with E-state index in [4.69, 9.17) is 5.11 Å². The maximum atomic E-state index is 13.1. The third-order valence-electron chi connectivity index (χ3n) is 1.89. The van der Waals surface area contributed by atoms with Crippen LogP contribution in [0.3, 0.4) is 0 Å². The largest absolute Gasteiger partial charge is 0.478 e. The Balaban J connectivity index is 3.03. The summed E-state index contributed by atoms with van der Waals surface area (Å²) < 4.78 is 38.0. The summed E-state index contributed by atoms with van der Waals surface area (Å²) in [6, 6.07) is 2.82. The van der Waals surface area contributed by atoms with Crippen LogP contribution in [0.2, 0.25) is 0 Å². The normalized spacial score (nSPS) is 11.2. The number of halogens is 1. The van der Waals surface area contributed by atoms with Gasteiger partial charge in [0.1, 0.15) is 5.82 Å². The van der Waals surface area contributed by atoms with Crippen LogP contribution in [0, 0.1) is 5.82 Å². The fraction of sp³-hybridized carbons (Fsp3) is 0.300. The van der Waals surface area contributed by atoms with Crippen LogP contribution >= 0.6 is 0 Å². The zero-order chi connectivity index (χ0) is 13.1. The molecule has 7 heteroatoms. The molecule has 0 aromatic heterocycles. The molecule has 0 fully saturated rings. The maximum Gasteiger partial charge on any atom is 0.335 e. The van der Waals surface area contributed by atoms with Gasteiger partial charge in [0, 0.05) is 0 Å². The standard InChI is InChI=1S/C10H12FNO4S/c1-2-3-17(15,16)12-9-5-7(10(13)14)4-8(11)6-9/h4-6,12H,2-3H2,1H3,(H,13,14). The highest BCUT2D eigenvalue weighted by atomic mass is 32.2. The number of hydrogen-bond acceptors (Lipinski definition) is 3. The lowest BCUT2D eigenvalue weighted by atomic mass is 10.2. The molecule has 5 nitrogen and oxygen atoms in total. The first-order valence-electron chi connectivity index (χ1n) is 4.88. The molecule has 0 aliphatic carbocycles. The van der Waals surface area contributed by atoms with Crippen molar-refractivity contribution >= 4 is 21.7 Å². The molecule has 0 bridgehead atoms. The van der Waals surface area contributed by atoms with Gasteiger partial charge in [0.2, 0.25) is 10.0 Å². The Labute approximate surface area is 98.3 Å². The van der Waals surface area contributed by atoms with Crippen molar-refractivity contribution in [2.75, 3.05) is 10.5 Å². The molecule has 17 heavy (non-hydrogen) atoms. The minimum Gasteiger partial charge on any atom is -0.478 e. The smallest absolute Gasteiger partial charge is 0.335 e. The van der Waals surface area contributed by atoms with E-state index in [0.717, 1.165) is 18.2 Å². The van der Waals surface area contributed by atoms with E-state index in [-0.39, 0.29) is 17.0 Å². The molecule has 0 spiro atoms. The van der Waals surface area contributed by atoms with E-state index in [0.29, 0.717) is 6.42 Å². The van der Waals surface area contributed by atoms with Crippen molar-refractivity contribution < 1.29 is 22.7 Å². The van der Waals surface area contributed by atoms with Crippen molar-refractivity contribution in [1.82, 2.24) is 0 Å². The van der Waals surface area contributed by atoms with E-state index in [9.17, 15) is 17.6 Å². The third kappa shape index (κ3) is 4.03. The summed E-state index contributed by atoms with van der Waals surface area (Å²) in [7, 11) is -3.55. The zero-order valence-electron chi connectivity index (χ0n) is 9.10. The Hall–Kier alpha value is -1.63. The second-order valence-corrected chi connectivity index (χ2v) is 5.30. The van der Waals surface area contributed by atoms with Crippen molar-refractivity contribution in [3.05, 3.63) is 29.6 Å². The molecule has 0 atom stereocenters. The fourth-order valence-electron chi connectivity index (χ4n) is 1.27. The monoisotopic (exact) mass is 261 g/mol. The Morgan fingerprint density at radius 1 is 1.41 bits per heavy atom. The van der Waals surface area contributed by atoms with Gasteiger partial charge in [-0.3, -0.25) is 4.72 Å². The fourth-order valence-corrected chi connectivity index (χ4v) is 2.39. The number of carboxylic acid groups (broad SMARTS) is 1. The molecular formula is C10H12FNO4S. The van der Waals surface area contributed by atoms with Gasteiger partial charge in [0.25, 0.3) is 0 Å². The van der Waals surface area contributed by atoms with Crippen molar-refractivity contribution in [3.8, 4) is 0 Å². The lowest BCUT2D eigenvalue weighted by Gasteiger charge is -2.07. The zero-order valence-corrected chi connectivity index (χ0v) is 9.92. The number of anilines is 1. The molecule has 0 saturated carbocycles. The summed E-state index contributed by atoms with van der Waals surface area (Å²) in [5, 5.41) is 8.69. The highest BCUT2D eigenvalue weighted by molar-refractivity contribution is 7.92. The van der Waals surface area contributed by atoms with Gasteiger partial charge in [-0.05, 0) is 24.6 Å². The van der Waals surface area contributed by atoms with E-state index >= 15 is 0 Å². The van der Waals surface area contributed by atoms with Crippen LogP contribution in [0.15, 0.2) is 18.2 Å². The van der Waals surface area contributed by atoms with Crippen LogP contribution in [0.25, 0.3) is 0 Å². The van der Waals surface area contributed by atoms with Crippen molar-refractivity contribution in [2.24, 2.45) is 0 Å². The number of carboxylic acids is 1. The van der Waals surface area contributed by atoms with Gasteiger partial charge in [-0.15, -0.1) is 0 Å². The predicted octanol–water partition coefficient (Wildman–Crippen LogP) is 1.68. The van der Waals surface area contributed by atoms with E-state index in [2.05, 4.69) is 4.72 Å². The van der Waals surface area contributed by atoms with Crippen LogP contribution in [0.4, 0.5) is 10.1 Å². The van der Waals surface area contributed by atoms with Gasteiger partial charge >= 0.3 is 5.97 Å². The highest BCUT2D eigenvalue weighted by Crippen LogP contribution is 2.15. The third-order valence-corrected chi connectivity index (χ3v) is 3.38. The van der Waals surface area contributed by atoms with Crippen molar-refractivity contribution in [3.63, 3.8) is 0 Å². The molecule has 94 valence electrons. The topological polar surface area (TPSA) is 83.5 Å². The molecular weight excluding hydrogens is 249 g/mol. The number of hydrogen-bond donors (Lipinski definition) is 2. The molecule has 0 aliphatic rings. The number of nitrogens with one attached hydrogen (secondary N) is 1. The van der Waals surface area contributed by atoms with Crippen LogP contribution in [-0.4, -0.2) is 25.2 Å².